The monoisotopic (exact) mass is 342 g/mol. The number of hydrogen-bond donors (Lipinski definition) is 3. The van der Waals surface area contributed by atoms with Crippen molar-refractivity contribution in [3.05, 3.63) is 47.4 Å². The largest absolute Gasteiger partial charge is 0.478 e. The Labute approximate surface area is 136 Å². The summed E-state index contributed by atoms with van der Waals surface area (Å²) in [5.41, 5.74) is 6.63. The van der Waals surface area contributed by atoms with Crippen molar-refractivity contribution in [3.63, 3.8) is 0 Å². The summed E-state index contributed by atoms with van der Waals surface area (Å²) in [7, 11) is 0. The molecule has 23 heavy (non-hydrogen) atoms. The number of carboxylic acid groups (broad SMARTS) is 2. The second-order valence-electron chi connectivity index (χ2n) is 4.75. The van der Waals surface area contributed by atoms with E-state index >= 15 is 0 Å². The van der Waals surface area contributed by atoms with Gasteiger partial charge in [-0.2, -0.15) is 0 Å². The Morgan fingerprint density at radius 1 is 1.30 bits per heavy atom. The summed E-state index contributed by atoms with van der Waals surface area (Å²) in [6.45, 7) is 2.63. The number of carboxylic acids is 2. The van der Waals surface area contributed by atoms with Crippen LogP contribution < -0.4 is 5.73 Å². The van der Waals surface area contributed by atoms with E-state index < -0.39 is 11.9 Å². The van der Waals surface area contributed by atoms with E-state index in [2.05, 4.69) is 0 Å². The molecule has 0 saturated carbocycles. The van der Waals surface area contributed by atoms with E-state index in [0.717, 1.165) is 10.9 Å². The van der Waals surface area contributed by atoms with Crippen LogP contribution in [-0.2, 0) is 16.1 Å². The average molecular weight is 343 g/mol. The predicted octanol–water partition coefficient (Wildman–Crippen LogP) is 2.49. The van der Waals surface area contributed by atoms with Crippen molar-refractivity contribution in [3.8, 4) is 0 Å². The Balaban J connectivity index is 0.000000284. The first-order valence-corrected chi connectivity index (χ1v) is 6.92. The van der Waals surface area contributed by atoms with Crippen LogP contribution in [0.25, 0.3) is 10.9 Å². The summed E-state index contributed by atoms with van der Waals surface area (Å²) in [5.74, 6) is -2.90. The van der Waals surface area contributed by atoms with Gasteiger partial charge in [0.1, 0.15) is 5.82 Å². The molecule has 124 valence electrons. The Hall–Kier alpha value is -2.38. The van der Waals surface area contributed by atoms with Crippen molar-refractivity contribution in [2.24, 2.45) is 5.73 Å². The smallest absolute Gasteiger partial charge is 0.328 e. The third-order valence-electron chi connectivity index (χ3n) is 2.69. The number of hydrogen-bond acceptors (Lipinski definition) is 3. The molecular weight excluding hydrogens is 327 g/mol. The van der Waals surface area contributed by atoms with Crippen LogP contribution in [0, 0.1) is 5.82 Å². The van der Waals surface area contributed by atoms with Gasteiger partial charge in [0.15, 0.2) is 0 Å². The molecule has 2 rings (SSSR count). The van der Waals surface area contributed by atoms with Crippen molar-refractivity contribution >= 4 is 34.4 Å². The number of rotatable bonds is 4. The summed E-state index contributed by atoms with van der Waals surface area (Å²) in [6.07, 6.45) is 2.99. The Kier molecular flexibility index (Phi) is 6.74. The molecule has 0 spiro atoms. The highest BCUT2D eigenvalue weighted by Crippen LogP contribution is 2.27. The molecule has 0 aliphatic rings. The number of benzene rings is 1. The molecule has 4 N–H and O–H groups in total. The zero-order valence-electron chi connectivity index (χ0n) is 12.2. The van der Waals surface area contributed by atoms with Crippen LogP contribution in [0.1, 0.15) is 6.92 Å². The van der Waals surface area contributed by atoms with Crippen LogP contribution in [0.4, 0.5) is 4.39 Å². The summed E-state index contributed by atoms with van der Waals surface area (Å²) in [6, 6.07) is 4.97. The number of carbonyl (C=O) groups is 2. The molecule has 1 heterocycles. The van der Waals surface area contributed by atoms with Crippen LogP contribution in [0.3, 0.4) is 0 Å². The maximum Gasteiger partial charge on any atom is 0.328 e. The Morgan fingerprint density at radius 2 is 1.87 bits per heavy atom. The third-order valence-corrected chi connectivity index (χ3v) is 3.08. The van der Waals surface area contributed by atoms with Gasteiger partial charge in [0.05, 0.1) is 5.02 Å². The van der Waals surface area contributed by atoms with Crippen LogP contribution in [0.15, 0.2) is 36.5 Å². The summed E-state index contributed by atoms with van der Waals surface area (Å²) in [4.78, 5) is 19.1. The van der Waals surface area contributed by atoms with E-state index in [4.69, 9.17) is 27.5 Å². The minimum Gasteiger partial charge on any atom is -0.478 e. The number of aromatic nitrogens is 1. The molecule has 0 aliphatic carbocycles. The SMILES string of the molecule is CC(N)Cn1ccc2c(Cl)c(F)ccc21.O=C(O)/C=C/C(=O)O. The van der Waals surface area contributed by atoms with E-state index in [1.165, 1.54) is 6.07 Å². The highest BCUT2D eigenvalue weighted by atomic mass is 35.5. The van der Waals surface area contributed by atoms with E-state index in [1.807, 2.05) is 23.8 Å². The first-order valence-electron chi connectivity index (χ1n) is 6.54. The topological polar surface area (TPSA) is 106 Å². The fourth-order valence-electron chi connectivity index (χ4n) is 1.82. The van der Waals surface area contributed by atoms with Crippen LogP contribution in [-0.4, -0.2) is 32.8 Å². The summed E-state index contributed by atoms with van der Waals surface area (Å²) in [5, 5.41) is 16.5. The first kappa shape index (κ1) is 18.7. The normalized spacial score (nSPS) is 12.0. The van der Waals surface area contributed by atoms with Crippen LogP contribution in [0.2, 0.25) is 5.02 Å². The first-order chi connectivity index (χ1) is 10.7. The fraction of sp³-hybridized carbons (Fsp3) is 0.200. The van der Waals surface area contributed by atoms with Gasteiger partial charge in [0, 0.05) is 41.8 Å². The molecule has 1 unspecified atom stereocenters. The lowest BCUT2D eigenvalue weighted by atomic mass is 10.2. The average Bonchev–Trinajstić information content (AvgIpc) is 2.84. The standard InChI is InChI=1S/C11H12ClFN2.C4H4O4/c1-7(14)6-15-5-4-8-10(15)3-2-9(13)11(8)12;5-3(6)1-2-4(7)8/h2-5,7H,6,14H2,1H3;1-2H,(H,5,6)(H,7,8)/b;2-1+. The maximum absolute atomic E-state index is 13.2. The molecule has 1 atom stereocenters. The van der Waals surface area contributed by atoms with Gasteiger partial charge < -0.3 is 20.5 Å². The second-order valence-corrected chi connectivity index (χ2v) is 5.13. The lowest BCUT2D eigenvalue weighted by Crippen LogP contribution is -2.21. The van der Waals surface area contributed by atoms with Crippen molar-refractivity contribution in [1.82, 2.24) is 4.57 Å². The molecule has 1 aromatic heterocycles. The quantitative estimate of drug-likeness (QED) is 0.740. The molecule has 6 nitrogen and oxygen atoms in total. The molecule has 0 aliphatic heterocycles. The Morgan fingerprint density at radius 3 is 2.35 bits per heavy atom. The lowest BCUT2D eigenvalue weighted by Gasteiger charge is -2.08. The predicted molar refractivity (Wildman–Crippen MR) is 85.0 cm³/mol. The Bertz CT molecular complexity index is 724. The number of fused-ring (bicyclic) bond motifs is 1. The lowest BCUT2D eigenvalue weighted by molar-refractivity contribution is -0.134. The van der Waals surface area contributed by atoms with Gasteiger partial charge >= 0.3 is 11.9 Å². The molecular formula is C15H16ClFN2O4. The highest BCUT2D eigenvalue weighted by molar-refractivity contribution is 6.35. The van der Waals surface area contributed by atoms with Gasteiger partial charge in [-0.1, -0.05) is 11.6 Å². The molecule has 1 aromatic carbocycles. The number of aliphatic carboxylic acids is 2. The number of halogens is 2. The van der Waals surface area contributed by atoms with E-state index in [-0.39, 0.29) is 16.9 Å². The van der Waals surface area contributed by atoms with Crippen molar-refractivity contribution < 1.29 is 24.2 Å². The fourth-order valence-corrected chi connectivity index (χ4v) is 2.04. The van der Waals surface area contributed by atoms with E-state index in [1.54, 1.807) is 6.07 Å². The zero-order chi connectivity index (χ0) is 17.6. The molecule has 0 radical (unpaired) electrons. The van der Waals surface area contributed by atoms with E-state index in [0.29, 0.717) is 18.7 Å². The van der Waals surface area contributed by atoms with Gasteiger partial charge in [0.2, 0.25) is 0 Å². The van der Waals surface area contributed by atoms with Gasteiger partial charge in [0.25, 0.3) is 0 Å². The van der Waals surface area contributed by atoms with Gasteiger partial charge in [-0.25, -0.2) is 14.0 Å². The van der Waals surface area contributed by atoms with Crippen molar-refractivity contribution in [1.29, 1.82) is 0 Å². The molecule has 0 bridgehead atoms. The zero-order valence-corrected chi connectivity index (χ0v) is 13.0. The molecule has 0 fully saturated rings. The molecule has 2 aromatic rings. The highest BCUT2D eigenvalue weighted by Gasteiger charge is 2.09. The minimum absolute atomic E-state index is 0.0597. The number of nitrogens with two attached hydrogens (primary N) is 1. The molecule has 0 saturated heterocycles. The van der Waals surface area contributed by atoms with Crippen LogP contribution >= 0.6 is 11.6 Å². The number of nitrogens with zero attached hydrogens (tertiary/aromatic N) is 1. The van der Waals surface area contributed by atoms with Gasteiger partial charge in [-0.3, -0.25) is 0 Å². The van der Waals surface area contributed by atoms with E-state index in [9.17, 15) is 14.0 Å². The maximum atomic E-state index is 13.2. The van der Waals surface area contributed by atoms with Crippen molar-refractivity contribution in [2.75, 3.05) is 0 Å². The third kappa shape index (κ3) is 5.72. The molecule has 8 heteroatoms. The van der Waals surface area contributed by atoms with Crippen molar-refractivity contribution in [2.45, 2.75) is 19.5 Å². The second kappa shape index (κ2) is 8.30. The minimum atomic E-state index is -1.26. The van der Waals surface area contributed by atoms with Crippen LogP contribution in [0.5, 0.6) is 0 Å². The summed E-state index contributed by atoms with van der Waals surface area (Å²) < 4.78 is 15.1. The van der Waals surface area contributed by atoms with Gasteiger partial charge in [-0.05, 0) is 25.1 Å². The van der Waals surface area contributed by atoms with Gasteiger partial charge in [-0.15, -0.1) is 0 Å². The summed E-state index contributed by atoms with van der Waals surface area (Å²) >= 11 is 5.86. The molecule has 0 amide bonds.